The van der Waals surface area contributed by atoms with Crippen molar-refractivity contribution in [2.45, 2.75) is 38.6 Å². The number of carbonyl (C=O) groups is 2. The van der Waals surface area contributed by atoms with Crippen LogP contribution < -0.4 is 10.1 Å². The Balaban J connectivity index is 1.72. The Kier molecular flexibility index (Phi) is 4.32. The Bertz CT molecular complexity index is 585. The number of nitrogens with zero attached hydrogens (tertiary/aromatic N) is 1. The first-order chi connectivity index (χ1) is 10.7. The Morgan fingerprint density at radius 1 is 1.45 bits per heavy atom. The molecule has 2 aliphatic heterocycles. The van der Waals surface area contributed by atoms with Crippen LogP contribution in [0.2, 0.25) is 0 Å². The summed E-state index contributed by atoms with van der Waals surface area (Å²) in [6, 6.07) is 5.64. The SMILES string of the molecule is CCC1C(=O)NCCN1C(=O)Cc1ccc2c(c1)CCCO2. The number of piperazine rings is 1. The highest BCUT2D eigenvalue weighted by atomic mass is 16.5. The molecule has 2 heterocycles. The molecule has 5 heteroatoms. The van der Waals surface area contributed by atoms with Gasteiger partial charge in [-0.3, -0.25) is 9.59 Å². The lowest BCUT2D eigenvalue weighted by atomic mass is 10.0. The number of benzene rings is 1. The topological polar surface area (TPSA) is 58.6 Å². The van der Waals surface area contributed by atoms with Gasteiger partial charge in [0.1, 0.15) is 11.8 Å². The second-order valence-corrected chi connectivity index (χ2v) is 5.87. The molecular weight excluding hydrogens is 280 g/mol. The largest absolute Gasteiger partial charge is 0.493 e. The Morgan fingerprint density at radius 3 is 3.14 bits per heavy atom. The molecular formula is C17H22N2O3. The molecule has 22 heavy (non-hydrogen) atoms. The molecule has 0 aromatic heterocycles. The van der Waals surface area contributed by atoms with E-state index in [2.05, 4.69) is 11.4 Å². The molecule has 0 bridgehead atoms. The molecule has 0 radical (unpaired) electrons. The molecule has 0 spiro atoms. The van der Waals surface area contributed by atoms with Crippen LogP contribution in [0.5, 0.6) is 5.75 Å². The monoisotopic (exact) mass is 302 g/mol. The maximum Gasteiger partial charge on any atom is 0.242 e. The van der Waals surface area contributed by atoms with E-state index < -0.39 is 0 Å². The van der Waals surface area contributed by atoms with Crippen molar-refractivity contribution in [2.24, 2.45) is 0 Å². The lowest BCUT2D eigenvalue weighted by molar-refractivity contribution is -0.142. The number of rotatable bonds is 3. The Hall–Kier alpha value is -2.04. The van der Waals surface area contributed by atoms with Gasteiger partial charge in [0.05, 0.1) is 13.0 Å². The van der Waals surface area contributed by atoms with E-state index >= 15 is 0 Å². The third kappa shape index (κ3) is 2.93. The van der Waals surface area contributed by atoms with Crippen LogP contribution in [0.4, 0.5) is 0 Å². The molecule has 0 aliphatic carbocycles. The molecule has 0 saturated carbocycles. The van der Waals surface area contributed by atoms with Crippen molar-refractivity contribution >= 4 is 11.8 Å². The van der Waals surface area contributed by atoms with Gasteiger partial charge in [-0.15, -0.1) is 0 Å². The lowest BCUT2D eigenvalue weighted by Crippen LogP contribution is -2.57. The van der Waals surface area contributed by atoms with Crippen LogP contribution in [0.1, 0.15) is 30.9 Å². The third-order valence-electron chi connectivity index (χ3n) is 4.37. The van der Waals surface area contributed by atoms with Gasteiger partial charge < -0.3 is 15.0 Å². The van der Waals surface area contributed by atoms with Crippen LogP contribution >= 0.6 is 0 Å². The summed E-state index contributed by atoms with van der Waals surface area (Å²) < 4.78 is 5.60. The minimum Gasteiger partial charge on any atom is -0.493 e. The normalized spacial score (nSPS) is 20.9. The fraction of sp³-hybridized carbons (Fsp3) is 0.529. The van der Waals surface area contributed by atoms with Crippen molar-refractivity contribution in [1.29, 1.82) is 0 Å². The summed E-state index contributed by atoms with van der Waals surface area (Å²) in [5, 5.41) is 2.82. The molecule has 3 rings (SSSR count). The molecule has 118 valence electrons. The number of amides is 2. The minimum atomic E-state index is -0.331. The summed E-state index contributed by atoms with van der Waals surface area (Å²) in [5.74, 6) is 0.922. The summed E-state index contributed by atoms with van der Waals surface area (Å²) >= 11 is 0. The molecule has 1 aromatic rings. The van der Waals surface area contributed by atoms with E-state index in [1.165, 1.54) is 5.56 Å². The Morgan fingerprint density at radius 2 is 2.32 bits per heavy atom. The molecule has 1 saturated heterocycles. The average Bonchev–Trinajstić information content (AvgIpc) is 2.54. The molecule has 1 fully saturated rings. The van der Waals surface area contributed by atoms with Gasteiger partial charge in [0.15, 0.2) is 0 Å². The van der Waals surface area contributed by atoms with E-state index in [4.69, 9.17) is 4.74 Å². The fourth-order valence-corrected chi connectivity index (χ4v) is 3.22. The number of carbonyl (C=O) groups excluding carboxylic acids is 2. The summed E-state index contributed by atoms with van der Waals surface area (Å²) in [7, 11) is 0. The van der Waals surface area contributed by atoms with Gasteiger partial charge >= 0.3 is 0 Å². The van der Waals surface area contributed by atoms with Crippen LogP contribution in [0.3, 0.4) is 0 Å². The van der Waals surface area contributed by atoms with E-state index in [1.807, 2.05) is 19.1 Å². The summed E-state index contributed by atoms with van der Waals surface area (Å²) in [5.41, 5.74) is 2.18. The van der Waals surface area contributed by atoms with E-state index in [-0.39, 0.29) is 17.9 Å². The highest BCUT2D eigenvalue weighted by Gasteiger charge is 2.31. The van der Waals surface area contributed by atoms with Gasteiger partial charge in [0, 0.05) is 13.1 Å². The van der Waals surface area contributed by atoms with E-state index in [9.17, 15) is 9.59 Å². The number of aryl methyl sites for hydroxylation is 1. The second kappa shape index (κ2) is 6.38. The summed E-state index contributed by atoms with van der Waals surface area (Å²) in [6.07, 6.45) is 3.02. The predicted molar refractivity (Wildman–Crippen MR) is 82.8 cm³/mol. The standard InChI is InChI=1S/C17H22N2O3/c1-2-14-17(21)18-7-8-19(14)16(20)11-12-5-6-15-13(10-12)4-3-9-22-15/h5-6,10,14H,2-4,7-9,11H2,1H3,(H,18,21). The smallest absolute Gasteiger partial charge is 0.242 e. The van der Waals surface area contributed by atoms with E-state index in [0.29, 0.717) is 25.9 Å². The van der Waals surface area contributed by atoms with Crippen LogP contribution in [0.25, 0.3) is 0 Å². The average molecular weight is 302 g/mol. The van der Waals surface area contributed by atoms with Crippen molar-refractivity contribution in [3.8, 4) is 5.75 Å². The Labute approximate surface area is 130 Å². The number of fused-ring (bicyclic) bond motifs is 1. The van der Waals surface area contributed by atoms with Crippen molar-refractivity contribution in [1.82, 2.24) is 10.2 Å². The maximum absolute atomic E-state index is 12.6. The first kappa shape index (κ1) is 14.9. The predicted octanol–water partition coefficient (Wildman–Crippen LogP) is 1.29. The van der Waals surface area contributed by atoms with Gasteiger partial charge in [0.25, 0.3) is 0 Å². The van der Waals surface area contributed by atoms with Gasteiger partial charge in [-0.05, 0) is 36.5 Å². The molecule has 1 atom stereocenters. The van der Waals surface area contributed by atoms with E-state index in [0.717, 1.165) is 30.8 Å². The molecule has 5 nitrogen and oxygen atoms in total. The lowest BCUT2D eigenvalue weighted by Gasteiger charge is -2.34. The first-order valence-corrected chi connectivity index (χ1v) is 8.01. The van der Waals surface area contributed by atoms with Crippen LogP contribution in [-0.2, 0) is 22.4 Å². The third-order valence-corrected chi connectivity index (χ3v) is 4.37. The van der Waals surface area contributed by atoms with Crippen LogP contribution in [0.15, 0.2) is 18.2 Å². The van der Waals surface area contributed by atoms with Crippen molar-refractivity contribution in [2.75, 3.05) is 19.7 Å². The maximum atomic E-state index is 12.6. The quantitative estimate of drug-likeness (QED) is 0.915. The minimum absolute atomic E-state index is 0.0263. The molecule has 1 unspecified atom stereocenters. The highest BCUT2D eigenvalue weighted by molar-refractivity contribution is 5.89. The summed E-state index contributed by atoms with van der Waals surface area (Å²) in [4.78, 5) is 26.1. The molecule has 1 aromatic carbocycles. The van der Waals surface area contributed by atoms with Crippen LogP contribution in [-0.4, -0.2) is 42.5 Å². The zero-order valence-corrected chi connectivity index (χ0v) is 12.9. The van der Waals surface area contributed by atoms with Gasteiger partial charge in [-0.1, -0.05) is 19.1 Å². The fourth-order valence-electron chi connectivity index (χ4n) is 3.22. The highest BCUT2D eigenvalue weighted by Crippen LogP contribution is 2.26. The molecule has 2 amide bonds. The number of nitrogens with one attached hydrogen (secondary N) is 1. The van der Waals surface area contributed by atoms with Gasteiger partial charge in [-0.2, -0.15) is 0 Å². The van der Waals surface area contributed by atoms with Gasteiger partial charge in [0.2, 0.25) is 11.8 Å². The zero-order valence-electron chi connectivity index (χ0n) is 12.9. The zero-order chi connectivity index (χ0) is 15.5. The van der Waals surface area contributed by atoms with Crippen molar-refractivity contribution < 1.29 is 14.3 Å². The molecule has 2 aliphatic rings. The summed E-state index contributed by atoms with van der Waals surface area (Å²) in [6.45, 7) is 3.84. The second-order valence-electron chi connectivity index (χ2n) is 5.87. The molecule has 1 N–H and O–H groups in total. The van der Waals surface area contributed by atoms with Crippen molar-refractivity contribution in [3.05, 3.63) is 29.3 Å². The van der Waals surface area contributed by atoms with E-state index in [1.54, 1.807) is 4.90 Å². The first-order valence-electron chi connectivity index (χ1n) is 8.01. The number of hydrogen-bond acceptors (Lipinski definition) is 3. The van der Waals surface area contributed by atoms with Crippen molar-refractivity contribution in [3.63, 3.8) is 0 Å². The van der Waals surface area contributed by atoms with Gasteiger partial charge in [-0.25, -0.2) is 0 Å². The number of ether oxygens (including phenoxy) is 1. The number of hydrogen-bond donors (Lipinski definition) is 1. The van der Waals surface area contributed by atoms with Crippen LogP contribution in [0, 0.1) is 0 Å².